The summed E-state index contributed by atoms with van der Waals surface area (Å²) in [5.41, 5.74) is 3.49. The summed E-state index contributed by atoms with van der Waals surface area (Å²) in [5.74, 6) is -2.49. The maximum absolute atomic E-state index is 13.8. The van der Waals surface area contributed by atoms with Gasteiger partial charge in [0.25, 0.3) is 0 Å². The fraction of sp³-hybridized carbons (Fsp3) is 0.267. The van der Waals surface area contributed by atoms with Crippen molar-refractivity contribution in [3.8, 4) is 17.2 Å². The van der Waals surface area contributed by atoms with Crippen LogP contribution in [0.25, 0.3) is 0 Å². The van der Waals surface area contributed by atoms with Gasteiger partial charge in [-0.25, -0.2) is 19.5 Å². The first-order valence-corrected chi connectivity index (χ1v) is 13.7. The van der Waals surface area contributed by atoms with Crippen molar-refractivity contribution >= 4 is 35.3 Å². The maximum atomic E-state index is 13.8. The number of carboxylic acids is 1. The monoisotopic (exact) mass is 612 g/mol. The number of imide groups is 1. The van der Waals surface area contributed by atoms with Gasteiger partial charge < -0.3 is 25.1 Å². The van der Waals surface area contributed by atoms with Gasteiger partial charge in [0.05, 0.1) is 32.2 Å². The fourth-order valence-corrected chi connectivity index (χ4v) is 4.77. The van der Waals surface area contributed by atoms with Gasteiger partial charge in [0, 0.05) is 5.02 Å². The Hall–Kier alpha value is -4.84. The molecule has 0 saturated carbocycles. The second-order valence-corrected chi connectivity index (χ2v) is 10.2. The highest BCUT2D eigenvalue weighted by molar-refractivity contribution is 6.30. The third kappa shape index (κ3) is 7.72. The van der Waals surface area contributed by atoms with Crippen molar-refractivity contribution < 1.29 is 38.6 Å². The zero-order valence-corrected chi connectivity index (χ0v) is 24.1. The molecule has 0 saturated heterocycles. The van der Waals surface area contributed by atoms with Crippen molar-refractivity contribution in [1.82, 2.24) is 15.7 Å². The predicted octanol–water partition coefficient (Wildman–Crippen LogP) is 4.74. The molecule has 43 heavy (non-hydrogen) atoms. The van der Waals surface area contributed by atoms with Crippen molar-refractivity contribution in [3.63, 3.8) is 0 Å². The van der Waals surface area contributed by atoms with Crippen LogP contribution in [0.3, 0.4) is 0 Å². The lowest BCUT2D eigenvalue weighted by molar-refractivity contribution is -0.131. The minimum absolute atomic E-state index is 0.00905. The van der Waals surface area contributed by atoms with Gasteiger partial charge in [-0.15, -0.1) is 0 Å². The van der Waals surface area contributed by atoms with Crippen LogP contribution in [0.15, 0.2) is 65.7 Å². The summed E-state index contributed by atoms with van der Waals surface area (Å²) >= 11 is 6.20. The summed E-state index contributed by atoms with van der Waals surface area (Å²) < 4.78 is 18.7. The van der Waals surface area contributed by atoms with Crippen LogP contribution in [0.1, 0.15) is 40.9 Å². The Morgan fingerprint density at radius 2 is 1.91 bits per heavy atom. The number of halogens is 2. The van der Waals surface area contributed by atoms with E-state index in [0.29, 0.717) is 28.3 Å². The van der Waals surface area contributed by atoms with Gasteiger partial charge in [-0.2, -0.15) is 0 Å². The Morgan fingerprint density at radius 1 is 1.16 bits per heavy atom. The van der Waals surface area contributed by atoms with Crippen molar-refractivity contribution in [3.05, 3.63) is 88.2 Å². The first-order chi connectivity index (χ1) is 20.6. The molecule has 4 rings (SSSR count). The molecule has 11 nitrogen and oxygen atoms in total. The molecule has 4 N–H and O–H groups in total. The number of aromatic hydroxyl groups is 1. The first-order valence-electron chi connectivity index (χ1n) is 13.3. The topological polar surface area (TPSA) is 150 Å². The number of phenols is 1. The average molecular weight is 613 g/mol. The summed E-state index contributed by atoms with van der Waals surface area (Å²) in [5, 5.41) is 22.6. The summed E-state index contributed by atoms with van der Waals surface area (Å²) in [6.45, 7) is 1.53. The SMILES string of the molecule is CC[C@@H](NC(=O)N1CC(NOc2ccc(F)cc2)=NCC(Cc2cc(Cl)ccc2OC)C1=O)c1ccc(C(=O)O)c(O)c1. The maximum Gasteiger partial charge on any atom is 0.339 e. The number of amidine groups is 1. The minimum Gasteiger partial charge on any atom is -0.507 e. The molecule has 0 spiro atoms. The summed E-state index contributed by atoms with van der Waals surface area (Å²) in [6, 6.07) is 12.9. The number of carbonyl (C=O) groups is 3. The molecule has 0 bridgehead atoms. The highest BCUT2D eigenvalue weighted by Gasteiger charge is 2.34. The molecule has 0 radical (unpaired) electrons. The van der Waals surface area contributed by atoms with E-state index in [-0.39, 0.29) is 36.7 Å². The molecule has 13 heteroatoms. The number of methoxy groups -OCH3 is 1. The number of benzene rings is 3. The number of hydrogen-bond donors (Lipinski definition) is 4. The van der Waals surface area contributed by atoms with Crippen molar-refractivity contribution in [2.24, 2.45) is 10.9 Å². The summed E-state index contributed by atoms with van der Waals surface area (Å²) in [7, 11) is 1.50. The zero-order chi connectivity index (χ0) is 31.1. The number of carbonyl (C=O) groups excluding carboxylic acids is 2. The molecule has 2 atom stereocenters. The number of ether oxygens (including phenoxy) is 1. The van der Waals surface area contributed by atoms with E-state index in [1.54, 1.807) is 25.1 Å². The third-order valence-corrected chi connectivity index (χ3v) is 7.08. The van der Waals surface area contributed by atoms with Gasteiger partial charge in [-0.05, 0) is 78.6 Å². The molecule has 3 aromatic rings. The van der Waals surface area contributed by atoms with E-state index in [2.05, 4.69) is 15.8 Å². The number of nitrogens with one attached hydrogen (secondary N) is 2. The quantitative estimate of drug-likeness (QED) is 0.253. The normalized spacial score (nSPS) is 15.6. The van der Waals surface area contributed by atoms with Crippen molar-refractivity contribution in [1.29, 1.82) is 0 Å². The lowest BCUT2D eigenvalue weighted by atomic mass is 9.97. The molecule has 1 aliphatic heterocycles. The van der Waals surface area contributed by atoms with Crippen LogP contribution in [0, 0.1) is 11.7 Å². The number of carboxylic acid groups (broad SMARTS) is 1. The van der Waals surface area contributed by atoms with E-state index >= 15 is 0 Å². The van der Waals surface area contributed by atoms with E-state index < -0.39 is 41.4 Å². The average Bonchev–Trinajstić information content (AvgIpc) is 3.14. The van der Waals surface area contributed by atoms with Crippen LogP contribution in [-0.4, -0.2) is 59.1 Å². The second-order valence-electron chi connectivity index (χ2n) is 9.72. The molecule has 0 aromatic heterocycles. The Morgan fingerprint density at radius 3 is 2.56 bits per heavy atom. The van der Waals surface area contributed by atoms with Gasteiger partial charge in [-0.3, -0.25) is 14.7 Å². The Bertz CT molecular complexity index is 1530. The first kappa shape index (κ1) is 31.1. The van der Waals surface area contributed by atoms with Crippen LogP contribution in [0.5, 0.6) is 17.2 Å². The van der Waals surface area contributed by atoms with Gasteiger partial charge in [0.15, 0.2) is 11.6 Å². The minimum atomic E-state index is -1.29. The molecule has 1 aliphatic rings. The number of hydroxylamine groups is 1. The molecule has 0 aliphatic carbocycles. The van der Waals surface area contributed by atoms with Gasteiger partial charge in [-0.1, -0.05) is 24.6 Å². The highest BCUT2D eigenvalue weighted by atomic mass is 35.5. The lowest BCUT2D eigenvalue weighted by Crippen LogP contribution is -2.50. The molecule has 1 unspecified atom stereocenters. The molecule has 3 aromatic carbocycles. The number of urea groups is 1. The summed E-state index contributed by atoms with van der Waals surface area (Å²) in [6.07, 6.45) is 0.541. The second kappa shape index (κ2) is 13.9. The Kier molecular flexibility index (Phi) is 10.0. The molecule has 3 amide bonds. The molecule has 1 heterocycles. The Balaban J connectivity index is 1.59. The van der Waals surface area contributed by atoms with E-state index in [1.807, 2.05) is 0 Å². The highest BCUT2D eigenvalue weighted by Crippen LogP contribution is 2.28. The molecular formula is C30H30ClFN4O7. The molecule has 0 fully saturated rings. The fourth-order valence-electron chi connectivity index (χ4n) is 4.57. The number of aliphatic imine (C=N–C) groups is 1. The van der Waals surface area contributed by atoms with Crippen LogP contribution < -0.4 is 20.4 Å². The third-order valence-electron chi connectivity index (χ3n) is 6.84. The number of rotatable bonds is 9. The standard InChI is InChI=1S/C30H30ClFN4O7/c1-3-24(17-4-10-23(29(39)40)25(37)14-17)34-30(41)36-16-27(35-43-22-8-6-21(32)7-9-22)33-15-19(28(36)38)12-18-13-20(31)5-11-26(18)42-2/h4-11,13-14,19,24,37H,3,12,15-16H2,1-2H3,(H,33,35)(H,34,41)(H,39,40)/t19?,24-/m1/s1. The van der Waals surface area contributed by atoms with Gasteiger partial charge >= 0.3 is 12.0 Å². The number of hydrogen-bond acceptors (Lipinski definition) is 8. The van der Waals surface area contributed by atoms with E-state index in [4.69, 9.17) is 21.2 Å². The molecule has 226 valence electrons. The van der Waals surface area contributed by atoms with Crippen LogP contribution >= 0.6 is 11.6 Å². The number of nitrogens with zero attached hydrogens (tertiary/aromatic N) is 2. The van der Waals surface area contributed by atoms with Crippen LogP contribution in [0.2, 0.25) is 5.02 Å². The summed E-state index contributed by atoms with van der Waals surface area (Å²) in [4.78, 5) is 49.7. The zero-order valence-electron chi connectivity index (χ0n) is 23.3. The van der Waals surface area contributed by atoms with Gasteiger partial charge in [0.1, 0.15) is 22.9 Å². The number of amides is 3. The smallest absolute Gasteiger partial charge is 0.339 e. The lowest BCUT2D eigenvalue weighted by Gasteiger charge is -2.26. The van der Waals surface area contributed by atoms with Crippen LogP contribution in [-0.2, 0) is 11.2 Å². The molecular weight excluding hydrogens is 583 g/mol. The van der Waals surface area contributed by atoms with E-state index in [0.717, 1.165) is 4.90 Å². The Labute approximate surface area is 251 Å². The van der Waals surface area contributed by atoms with Crippen molar-refractivity contribution in [2.45, 2.75) is 25.8 Å². The predicted molar refractivity (Wildman–Crippen MR) is 156 cm³/mol. The van der Waals surface area contributed by atoms with Crippen molar-refractivity contribution in [2.75, 3.05) is 20.2 Å². The largest absolute Gasteiger partial charge is 0.507 e. The van der Waals surface area contributed by atoms with E-state index in [9.17, 15) is 29.0 Å². The van der Waals surface area contributed by atoms with E-state index in [1.165, 1.54) is 49.6 Å². The van der Waals surface area contributed by atoms with Gasteiger partial charge in [0.2, 0.25) is 5.91 Å². The van der Waals surface area contributed by atoms with Crippen LogP contribution in [0.4, 0.5) is 9.18 Å². The number of aromatic carboxylic acids is 1.